The van der Waals surface area contributed by atoms with Gasteiger partial charge in [0.15, 0.2) is 0 Å². The Kier molecular flexibility index (Phi) is 6.34. The van der Waals surface area contributed by atoms with E-state index < -0.39 is 23.5 Å². The molecule has 1 aliphatic rings. The maximum atomic E-state index is 14.2. The highest BCUT2D eigenvalue weighted by Crippen LogP contribution is 2.38. The van der Waals surface area contributed by atoms with Gasteiger partial charge in [0.25, 0.3) is 0 Å². The van der Waals surface area contributed by atoms with Crippen LogP contribution in [0.15, 0.2) is 53.7 Å². The third-order valence-corrected chi connectivity index (χ3v) is 5.24. The summed E-state index contributed by atoms with van der Waals surface area (Å²) in [6.45, 7) is 6.77. The molecule has 1 aliphatic heterocycles. The van der Waals surface area contributed by atoms with E-state index in [-0.39, 0.29) is 30.5 Å². The van der Waals surface area contributed by atoms with Crippen LogP contribution in [-0.4, -0.2) is 22.9 Å². The van der Waals surface area contributed by atoms with Crippen LogP contribution in [-0.2, 0) is 20.9 Å². The van der Waals surface area contributed by atoms with Crippen LogP contribution in [0, 0.1) is 18.6 Å². The average molecular weight is 413 g/mol. The Bertz CT molecular complexity index is 976. The van der Waals surface area contributed by atoms with Crippen LogP contribution in [0.2, 0.25) is 0 Å². The monoisotopic (exact) mass is 413 g/mol. The number of hydrogen-bond donors (Lipinski definition) is 0. The zero-order valence-electron chi connectivity index (χ0n) is 17.5. The van der Waals surface area contributed by atoms with Gasteiger partial charge in [-0.2, -0.15) is 0 Å². The minimum absolute atomic E-state index is 0.0129. The highest BCUT2D eigenvalue weighted by atomic mass is 19.1. The lowest BCUT2D eigenvalue weighted by Gasteiger charge is -2.35. The maximum absolute atomic E-state index is 14.2. The van der Waals surface area contributed by atoms with E-state index in [2.05, 4.69) is 0 Å². The molecule has 158 valence electrons. The van der Waals surface area contributed by atoms with Gasteiger partial charge in [0, 0.05) is 23.6 Å². The Morgan fingerprint density at radius 3 is 2.27 bits per heavy atom. The Morgan fingerprint density at radius 2 is 1.70 bits per heavy atom. The molecule has 0 aliphatic carbocycles. The summed E-state index contributed by atoms with van der Waals surface area (Å²) in [6.07, 6.45) is -0.328. The van der Waals surface area contributed by atoms with Gasteiger partial charge in [0.1, 0.15) is 11.6 Å². The van der Waals surface area contributed by atoms with Crippen molar-refractivity contribution in [1.82, 2.24) is 4.90 Å². The van der Waals surface area contributed by atoms with E-state index in [1.807, 2.05) is 31.2 Å². The predicted molar refractivity (Wildman–Crippen MR) is 109 cm³/mol. The Morgan fingerprint density at radius 1 is 1.10 bits per heavy atom. The molecule has 0 fully saturated rings. The molecule has 1 atom stereocenters. The fourth-order valence-corrected chi connectivity index (χ4v) is 3.67. The van der Waals surface area contributed by atoms with Crippen LogP contribution >= 0.6 is 0 Å². The van der Waals surface area contributed by atoms with E-state index in [1.165, 1.54) is 11.0 Å². The minimum Gasteiger partial charge on any atom is -0.460 e. The van der Waals surface area contributed by atoms with Crippen LogP contribution in [0.1, 0.15) is 49.8 Å². The number of nitrogens with zero attached hydrogens (tertiary/aromatic N) is 1. The molecule has 0 aromatic heterocycles. The van der Waals surface area contributed by atoms with E-state index in [4.69, 9.17) is 4.74 Å². The van der Waals surface area contributed by atoms with Crippen molar-refractivity contribution in [2.45, 2.75) is 52.7 Å². The van der Waals surface area contributed by atoms with Gasteiger partial charge in [-0.3, -0.25) is 4.79 Å². The van der Waals surface area contributed by atoms with Crippen molar-refractivity contribution >= 4 is 11.9 Å². The molecular formula is C24H25F2NO3. The number of amides is 1. The molecule has 30 heavy (non-hydrogen) atoms. The van der Waals surface area contributed by atoms with E-state index in [9.17, 15) is 18.4 Å². The number of rotatable bonds is 5. The first-order valence-electron chi connectivity index (χ1n) is 9.90. The molecule has 2 aromatic carbocycles. The second kappa shape index (κ2) is 8.78. The first kappa shape index (κ1) is 21.7. The lowest BCUT2D eigenvalue weighted by molar-refractivity contribution is -0.143. The fourth-order valence-electron chi connectivity index (χ4n) is 3.67. The molecule has 2 aromatic rings. The van der Waals surface area contributed by atoms with E-state index in [1.54, 1.807) is 20.8 Å². The van der Waals surface area contributed by atoms with Gasteiger partial charge in [-0.15, -0.1) is 0 Å². The predicted octanol–water partition coefficient (Wildman–Crippen LogP) is 5.01. The summed E-state index contributed by atoms with van der Waals surface area (Å²) in [5.74, 6) is -2.78. The SMILES string of the molecule is CC1=C(C(=O)OC(C)C)C(c2ccc(C)cc2)CC(=O)N1Cc1c(F)cccc1F. The Labute approximate surface area is 175 Å². The van der Waals surface area contributed by atoms with Crippen molar-refractivity contribution in [2.24, 2.45) is 0 Å². The molecule has 6 heteroatoms. The van der Waals surface area contributed by atoms with Crippen molar-refractivity contribution in [3.63, 3.8) is 0 Å². The van der Waals surface area contributed by atoms with Gasteiger partial charge in [0.2, 0.25) is 5.91 Å². The Balaban J connectivity index is 2.07. The normalized spacial score (nSPS) is 17.0. The topological polar surface area (TPSA) is 46.6 Å². The van der Waals surface area contributed by atoms with E-state index >= 15 is 0 Å². The van der Waals surface area contributed by atoms with Crippen LogP contribution in [0.25, 0.3) is 0 Å². The molecule has 0 radical (unpaired) electrons. The summed E-state index contributed by atoms with van der Waals surface area (Å²) in [5.41, 5.74) is 2.36. The number of hydrogen-bond acceptors (Lipinski definition) is 3. The van der Waals surface area contributed by atoms with Gasteiger partial charge in [-0.05, 0) is 45.4 Å². The molecule has 1 unspecified atom stereocenters. The number of esters is 1. The number of ether oxygens (including phenoxy) is 1. The molecule has 4 nitrogen and oxygen atoms in total. The summed E-state index contributed by atoms with van der Waals surface area (Å²) >= 11 is 0. The molecule has 0 spiro atoms. The molecule has 1 amide bonds. The lowest BCUT2D eigenvalue weighted by atomic mass is 9.83. The highest BCUT2D eigenvalue weighted by Gasteiger charge is 2.37. The molecule has 0 saturated carbocycles. The van der Waals surface area contributed by atoms with Crippen LogP contribution in [0.4, 0.5) is 8.78 Å². The number of allylic oxidation sites excluding steroid dienone is 1. The van der Waals surface area contributed by atoms with Crippen molar-refractivity contribution in [1.29, 1.82) is 0 Å². The maximum Gasteiger partial charge on any atom is 0.336 e. The number of carbonyl (C=O) groups excluding carboxylic acids is 2. The number of benzene rings is 2. The minimum atomic E-state index is -0.734. The van der Waals surface area contributed by atoms with Gasteiger partial charge in [0.05, 0.1) is 18.2 Å². The molecule has 0 saturated heterocycles. The standard InChI is InChI=1S/C24H25F2NO3/c1-14(2)30-24(29)23-16(4)27(13-19-20(25)6-5-7-21(19)26)22(28)12-18(23)17-10-8-15(3)9-11-17/h5-11,14,18H,12-13H2,1-4H3. The van der Waals surface area contributed by atoms with Gasteiger partial charge >= 0.3 is 5.97 Å². The van der Waals surface area contributed by atoms with E-state index in [0.29, 0.717) is 11.3 Å². The van der Waals surface area contributed by atoms with Crippen LogP contribution < -0.4 is 0 Å². The van der Waals surface area contributed by atoms with E-state index in [0.717, 1.165) is 23.3 Å². The zero-order chi connectivity index (χ0) is 22.0. The zero-order valence-corrected chi connectivity index (χ0v) is 17.5. The van der Waals surface area contributed by atoms with Crippen molar-refractivity contribution < 1.29 is 23.1 Å². The molecular weight excluding hydrogens is 388 g/mol. The fraction of sp³-hybridized carbons (Fsp3) is 0.333. The smallest absolute Gasteiger partial charge is 0.336 e. The molecule has 0 bridgehead atoms. The van der Waals surface area contributed by atoms with Crippen molar-refractivity contribution in [2.75, 3.05) is 0 Å². The number of halogens is 2. The number of aryl methyl sites for hydroxylation is 1. The lowest BCUT2D eigenvalue weighted by Crippen LogP contribution is -2.38. The third-order valence-electron chi connectivity index (χ3n) is 5.24. The molecule has 0 N–H and O–H groups in total. The van der Waals surface area contributed by atoms with Crippen LogP contribution in [0.5, 0.6) is 0 Å². The van der Waals surface area contributed by atoms with Gasteiger partial charge in [-0.1, -0.05) is 35.9 Å². The third kappa shape index (κ3) is 4.42. The first-order chi connectivity index (χ1) is 14.2. The summed E-state index contributed by atoms with van der Waals surface area (Å²) in [5, 5.41) is 0. The average Bonchev–Trinajstić information content (AvgIpc) is 2.66. The summed E-state index contributed by atoms with van der Waals surface area (Å²) in [7, 11) is 0. The summed E-state index contributed by atoms with van der Waals surface area (Å²) < 4.78 is 33.8. The largest absolute Gasteiger partial charge is 0.460 e. The van der Waals surface area contributed by atoms with Gasteiger partial charge < -0.3 is 9.64 Å². The van der Waals surface area contributed by atoms with Crippen molar-refractivity contribution in [3.8, 4) is 0 Å². The van der Waals surface area contributed by atoms with Crippen LogP contribution in [0.3, 0.4) is 0 Å². The second-order valence-electron chi connectivity index (χ2n) is 7.80. The first-order valence-corrected chi connectivity index (χ1v) is 9.90. The number of carbonyl (C=O) groups is 2. The van der Waals surface area contributed by atoms with Gasteiger partial charge in [-0.25, -0.2) is 13.6 Å². The quantitative estimate of drug-likeness (QED) is 0.647. The summed E-state index contributed by atoms with van der Waals surface area (Å²) in [4.78, 5) is 27.2. The Hall–Kier alpha value is -3.02. The highest BCUT2D eigenvalue weighted by molar-refractivity contribution is 5.96. The molecule has 1 heterocycles. The second-order valence-corrected chi connectivity index (χ2v) is 7.80. The van der Waals surface area contributed by atoms with Crippen molar-refractivity contribution in [3.05, 3.63) is 82.1 Å². The molecule has 3 rings (SSSR count). The summed E-state index contributed by atoms with van der Waals surface area (Å²) in [6, 6.07) is 11.2.